The van der Waals surface area contributed by atoms with Crippen molar-refractivity contribution in [3.63, 3.8) is 0 Å². The molecule has 0 saturated carbocycles. The number of benzene rings is 2. The van der Waals surface area contributed by atoms with Crippen LogP contribution in [0.25, 0.3) is 10.8 Å². The summed E-state index contributed by atoms with van der Waals surface area (Å²) in [7, 11) is -1.90. The van der Waals surface area contributed by atoms with Gasteiger partial charge in [-0.1, -0.05) is 12.1 Å². The van der Waals surface area contributed by atoms with Gasteiger partial charge >= 0.3 is 0 Å². The van der Waals surface area contributed by atoms with Gasteiger partial charge in [0.1, 0.15) is 5.75 Å². The first-order valence-electron chi connectivity index (χ1n) is 6.33. The minimum Gasteiger partial charge on any atom is -0.497 e. The molecule has 0 fully saturated rings. The van der Waals surface area contributed by atoms with Gasteiger partial charge in [0.05, 0.1) is 12.0 Å². The number of methoxy groups -OCH3 is 1. The third kappa shape index (κ3) is 3.29. The summed E-state index contributed by atoms with van der Waals surface area (Å²) in [6.45, 7) is 5.45. The van der Waals surface area contributed by atoms with E-state index in [-0.39, 0.29) is 4.90 Å². The van der Waals surface area contributed by atoms with E-state index in [1.807, 2.05) is 39.0 Å². The van der Waals surface area contributed by atoms with E-state index in [9.17, 15) is 8.42 Å². The van der Waals surface area contributed by atoms with Crippen molar-refractivity contribution >= 4 is 20.8 Å². The first-order valence-corrected chi connectivity index (χ1v) is 7.81. The molecule has 20 heavy (non-hydrogen) atoms. The molecule has 0 aliphatic heterocycles. The summed E-state index contributed by atoms with van der Waals surface area (Å²) in [6, 6.07) is 10.6. The highest BCUT2D eigenvalue weighted by Gasteiger charge is 2.22. The minimum atomic E-state index is -3.51. The van der Waals surface area contributed by atoms with Crippen LogP contribution in [0.4, 0.5) is 0 Å². The zero-order valence-corrected chi connectivity index (χ0v) is 12.9. The van der Waals surface area contributed by atoms with Gasteiger partial charge in [0.15, 0.2) is 0 Å². The second-order valence-corrected chi connectivity index (χ2v) is 7.41. The molecule has 5 heteroatoms. The Bertz CT molecular complexity index is 730. The quantitative estimate of drug-likeness (QED) is 0.946. The first kappa shape index (κ1) is 14.8. The standard InChI is InChI=1S/C15H19NO3S/c1-15(2,3)16-20(17,18)14-8-6-11-9-13(19-4)7-5-12(11)10-14/h5-10,16H,1-4H3. The molecular formula is C15H19NO3S. The van der Waals surface area contributed by atoms with Gasteiger partial charge in [0.2, 0.25) is 10.0 Å². The summed E-state index contributed by atoms with van der Waals surface area (Å²) in [4.78, 5) is 0.269. The number of nitrogens with one attached hydrogen (secondary N) is 1. The van der Waals surface area contributed by atoms with E-state index in [1.54, 1.807) is 25.3 Å². The Morgan fingerprint density at radius 1 is 1.00 bits per heavy atom. The maximum Gasteiger partial charge on any atom is 0.241 e. The number of fused-ring (bicyclic) bond motifs is 1. The Balaban J connectivity index is 2.47. The van der Waals surface area contributed by atoms with E-state index in [0.717, 1.165) is 16.5 Å². The van der Waals surface area contributed by atoms with Gasteiger partial charge in [-0.3, -0.25) is 0 Å². The zero-order chi connectivity index (χ0) is 15.0. The molecule has 0 aliphatic rings. The molecule has 0 atom stereocenters. The third-order valence-corrected chi connectivity index (χ3v) is 4.53. The van der Waals surface area contributed by atoms with Gasteiger partial charge in [0, 0.05) is 5.54 Å². The van der Waals surface area contributed by atoms with Gasteiger partial charge in [-0.15, -0.1) is 0 Å². The molecule has 4 nitrogen and oxygen atoms in total. The van der Waals surface area contributed by atoms with Gasteiger partial charge in [0.25, 0.3) is 0 Å². The Morgan fingerprint density at radius 3 is 2.20 bits per heavy atom. The summed E-state index contributed by atoms with van der Waals surface area (Å²) in [5.74, 6) is 0.751. The average Bonchev–Trinajstić information content (AvgIpc) is 2.34. The monoisotopic (exact) mass is 293 g/mol. The molecule has 2 aromatic rings. The van der Waals surface area contributed by atoms with Crippen LogP contribution in [0.1, 0.15) is 20.8 Å². The molecular weight excluding hydrogens is 274 g/mol. The Labute approximate surface area is 119 Å². The highest BCUT2D eigenvalue weighted by Crippen LogP contribution is 2.24. The normalized spacial score (nSPS) is 12.6. The van der Waals surface area contributed by atoms with Gasteiger partial charge < -0.3 is 4.74 Å². The summed E-state index contributed by atoms with van der Waals surface area (Å²) in [5, 5.41) is 1.81. The molecule has 0 radical (unpaired) electrons. The fourth-order valence-electron chi connectivity index (χ4n) is 1.96. The lowest BCUT2D eigenvalue weighted by Crippen LogP contribution is -2.40. The predicted octanol–water partition coefficient (Wildman–Crippen LogP) is 2.93. The maximum atomic E-state index is 12.3. The Morgan fingerprint density at radius 2 is 1.60 bits per heavy atom. The van der Waals surface area contributed by atoms with Crippen molar-refractivity contribution in [2.45, 2.75) is 31.2 Å². The first-order chi connectivity index (χ1) is 9.21. The van der Waals surface area contributed by atoms with Crippen LogP contribution in [0.3, 0.4) is 0 Å². The molecule has 0 spiro atoms. The summed E-state index contributed by atoms with van der Waals surface area (Å²) in [5.41, 5.74) is -0.506. The van der Waals surface area contributed by atoms with E-state index in [0.29, 0.717) is 0 Å². The number of hydrogen-bond acceptors (Lipinski definition) is 3. The molecule has 2 rings (SSSR count). The van der Waals surface area contributed by atoms with Crippen molar-refractivity contribution in [3.05, 3.63) is 36.4 Å². The fraction of sp³-hybridized carbons (Fsp3) is 0.333. The second-order valence-electron chi connectivity index (χ2n) is 5.73. The highest BCUT2D eigenvalue weighted by molar-refractivity contribution is 7.89. The van der Waals surface area contributed by atoms with E-state index in [2.05, 4.69) is 4.72 Å². The van der Waals surface area contributed by atoms with Crippen molar-refractivity contribution in [1.29, 1.82) is 0 Å². The van der Waals surface area contributed by atoms with Gasteiger partial charge in [-0.2, -0.15) is 0 Å². The van der Waals surface area contributed by atoms with Crippen LogP contribution in [0.5, 0.6) is 5.75 Å². The van der Waals surface area contributed by atoms with Crippen LogP contribution in [-0.4, -0.2) is 21.1 Å². The molecule has 0 bridgehead atoms. The zero-order valence-electron chi connectivity index (χ0n) is 12.1. The average molecular weight is 293 g/mol. The molecule has 0 aromatic heterocycles. The molecule has 0 amide bonds. The summed E-state index contributed by atoms with van der Waals surface area (Å²) < 4.78 is 32.4. The van der Waals surface area contributed by atoms with Crippen molar-refractivity contribution in [1.82, 2.24) is 4.72 Å². The second kappa shape index (κ2) is 5.07. The van der Waals surface area contributed by atoms with Crippen LogP contribution in [-0.2, 0) is 10.0 Å². The van der Waals surface area contributed by atoms with Crippen molar-refractivity contribution in [2.24, 2.45) is 0 Å². The summed E-state index contributed by atoms with van der Waals surface area (Å²) in [6.07, 6.45) is 0. The summed E-state index contributed by atoms with van der Waals surface area (Å²) >= 11 is 0. The molecule has 0 saturated heterocycles. The van der Waals surface area contributed by atoms with Crippen molar-refractivity contribution in [3.8, 4) is 5.75 Å². The van der Waals surface area contributed by atoms with Gasteiger partial charge in [-0.05, 0) is 55.8 Å². The lowest BCUT2D eigenvalue weighted by Gasteiger charge is -2.20. The molecule has 0 aliphatic carbocycles. The predicted molar refractivity (Wildman–Crippen MR) is 80.6 cm³/mol. The highest BCUT2D eigenvalue weighted by atomic mass is 32.2. The van der Waals surface area contributed by atoms with Crippen LogP contribution in [0, 0.1) is 0 Å². The molecule has 0 heterocycles. The van der Waals surface area contributed by atoms with Crippen LogP contribution in [0.2, 0.25) is 0 Å². The maximum absolute atomic E-state index is 12.3. The number of sulfonamides is 1. The van der Waals surface area contributed by atoms with E-state index < -0.39 is 15.6 Å². The topological polar surface area (TPSA) is 55.4 Å². The minimum absolute atomic E-state index is 0.269. The van der Waals surface area contributed by atoms with Crippen LogP contribution < -0.4 is 9.46 Å². The number of rotatable bonds is 3. The smallest absolute Gasteiger partial charge is 0.241 e. The Hall–Kier alpha value is -1.59. The third-order valence-electron chi connectivity index (χ3n) is 2.77. The lowest BCUT2D eigenvalue weighted by atomic mass is 10.1. The number of hydrogen-bond donors (Lipinski definition) is 1. The lowest BCUT2D eigenvalue weighted by molar-refractivity contribution is 0.415. The molecule has 108 valence electrons. The molecule has 0 unspecified atom stereocenters. The van der Waals surface area contributed by atoms with Gasteiger partial charge in [-0.25, -0.2) is 13.1 Å². The van der Waals surface area contributed by atoms with Crippen LogP contribution in [0.15, 0.2) is 41.3 Å². The SMILES string of the molecule is COc1ccc2cc(S(=O)(=O)NC(C)(C)C)ccc2c1. The van der Waals surface area contributed by atoms with E-state index in [1.165, 1.54) is 0 Å². The van der Waals surface area contributed by atoms with Crippen molar-refractivity contribution in [2.75, 3.05) is 7.11 Å². The van der Waals surface area contributed by atoms with E-state index >= 15 is 0 Å². The fourth-order valence-corrected chi connectivity index (χ4v) is 3.41. The van der Waals surface area contributed by atoms with Crippen molar-refractivity contribution < 1.29 is 13.2 Å². The molecule has 2 aromatic carbocycles. The molecule has 1 N–H and O–H groups in total. The van der Waals surface area contributed by atoms with E-state index in [4.69, 9.17) is 4.74 Å². The largest absolute Gasteiger partial charge is 0.497 e. The Kier molecular flexibility index (Phi) is 3.75. The van der Waals surface area contributed by atoms with Crippen LogP contribution >= 0.6 is 0 Å². The number of ether oxygens (including phenoxy) is 1.